The number of hydrogen-bond acceptors (Lipinski definition) is 2. The first-order chi connectivity index (χ1) is 11.1. The summed E-state index contributed by atoms with van der Waals surface area (Å²) in [5, 5.41) is 0. The highest BCUT2D eigenvalue weighted by Gasteiger charge is 2.31. The van der Waals surface area contributed by atoms with Gasteiger partial charge in [0.25, 0.3) is 5.92 Å². The molecule has 0 aliphatic rings. The number of nitrogens with two attached hydrogens (primary N) is 1. The first kappa shape index (κ1) is 17.8. The van der Waals surface area contributed by atoms with Gasteiger partial charge in [0.1, 0.15) is 11.5 Å². The SMILES string of the molecule is CC(F)(F)c1ccc(CN=C(N)c2cc(C(F)(F)F)ccn2)cc1. The van der Waals surface area contributed by atoms with Gasteiger partial charge in [-0.1, -0.05) is 24.3 Å². The van der Waals surface area contributed by atoms with E-state index < -0.39 is 17.7 Å². The topological polar surface area (TPSA) is 51.3 Å². The van der Waals surface area contributed by atoms with Gasteiger partial charge in [0.05, 0.1) is 12.1 Å². The van der Waals surface area contributed by atoms with E-state index in [0.717, 1.165) is 25.3 Å². The number of nitrogens with zero attached hydrogens (tertiary/aromatic N) is 2. The molecule has 0 radical (unpaired) electrons. The standard InChI is InChI=1S/C16H14F5N3/c1-15(17,18)11-4-2-10(3-5-11)9-24-14(22)13-8-12(6-7-23-13)16(19,20)21/h2-8H,9H2,1H3,(H2,22,24). The van der Waals surface area contributed by atoms with Gasteiger partial charge < -0.3 is 5.73 Å². The lowest BCUT2D eigenvalue weighted by Gasteiger charge is -2.10. The molecule has 2 aromatic rings. The molecule has 2 N–H and O–H groups in total. The van der Waals surface area contributed by atoms with Crippen LogP contribution in [0.3, 0.4) is 0 Å². The maximum atomic E-state index is 13.1. The van der Waals surface area contributed by atoms with E-state index in [4.69, 9.17) is 5.73 Å². The number of aromatic nitrogens is 1. The molecule has 1 heterocycles. The third kappa shape index (κ3) is 4.50. The summed E-state index contributed by atoms with van der Waals surface area (Å²) in [6.45, 7) is 0.830. The highest BCUT2D eigenvalue weighted by molar-refractivity contribution is 5.95. The molecule has 0 aliphatic heterocycles. The van der Waals surface area contributed by atoms with Crippen molar-refractivity contribution in [3.8, 4) is 0 Å². The fourth-order valence-corrected chi connectivity index (χ4v) is 1.91. The van der Waals surface area contributed by atoms with Gasteiger partial charge in [-0.05, 0) is 17.7 Å². The molecule has 1 aromatic carbocycles. The zero-order valence-corrected chi connectivity index (χ0v) is 12.6. The zero-order valence-electron chi connectivity index (χ0n) is 12.6. The van der Waals surface area contributed by atoms with Crippen LogP contribution in [0, 0.1) is 0 Å². The molecule has 0 saturated heterocycles. The molecular weight excluding hydrogens is 329 g/mol. The van der Waals surface area contributed by atoms with Crippen molar-refractivity contribution in [2.75, 3.05) is 0 Å². The number of rotatable bonds is 4. The molecule has 0 saturated carbocycles. The predicted octanol–water partition coefficient (Wildman–Crippen LogP) is 4.12. The molecule has 1 aromatic heterocycles. The minimum absolute atomic E-state index is 0.0410. The molecule has 0 spiro atoms. The summed E-state index contributed by atoms with van der Waals surface area (Å²) in [6, 6.07) is 7.10. The Balaban J connectivity index is 2.15. The van der Waals surface area contributed by atoms with Crippen LogP contribution in [0.25, 0.3) is 0 Å². The van der Waals surface area contributed by atoms with Crippen LogP contribution < -0.4 is 5.73 Å². The van der Waals surface area contributed by atoms with Crippen molar-refractivity contribution in [1.29, 1.82) is 0 Å². The average Bonchev–Trinajstić information content (AvgIpc) is 2.51. The number of amidine groups is 1. The first-order valence-electron chi connectivity index (χ1n) is 6.88. The van der Waals surface area contributed by atoms with E-state index in [0.29, 0.717) is 5.56 Å². The lowest BCUT2D eigenvalue weighted by molar-refractivity contribution is -0.137. The molecule has 24 heavy (non-hydrogen) atoms. The Bertz CT molecular complexity index is 731. The number of halogens is 5. The summed E-state index contributed by atoms with van der Waals surface area (Å²) in [6.07, 6.45) is -3.50. The van der Waals surface area contributed by atoms with Gasteiger partial charge in [0.2, 0.25) is 0 Å². The molecule has 0 bridgehead atoms. The van der Waals surface area contributed by atoms with Crippen LogP contribution >= 0.6 is 0 Å². The van der Waals surface area contributed by atoms with E-state index in [1.807, 2.05) is 0 Å². The van der Waals surface area contributed by atoms with E-state index in [-0.39, 0.29) is 23.6 Å². The van der Waals surface area contributed by atoms with Crippen molar-refractivity contribution in [2.45, 2.75) is 25.6 Å². The van der Waals surface area contributed by atoms with Crippen molar-refractivity contribution in [3.63, 3.8) is 0 Å². The van der Waals surface area contributed by atoms with Crippen molar-refractivity contribution in [3.05, 3.63) is 65.0 Å². The van der Waals surface area contributed by atoms with Crippen molar-refractivity contribution >= 4 is 5.84 Å². The van der Waals surface area contributed by atoms with Gasteiger partial charge in [-0.2, -0.15) is 13.2 Å². The smallest absolute Gasteiger partial charge is 0.382 e. The number of benzene rings is 1. The van der Waals surface area contributed by atoms with Gasteiger partial charge in [0, 0.05) is 18.7 Å². The summed E-state index contributed by atoms with van der Waals surface area (Å²) >= 11 is 0. The Hall–Kier alpha value is -2.51. The van der Waals surface area contributed by atoms with Crippen LogP contribution in [0.2, 0.25) is 0 Å². The van der Waals surface area contributed by atoms with Crippen LogP contribution in [0.4, 0.5) is 22.0 Å². The molecule has 2 rings (SSSR count). The molecule has 8 heteroatoms. The van der Waals surface area contributed by atoms with Crippen molar-refractivity contribution < 1.29 is 22.0 Å². The largest absolute Gasteiger partial charge is 0.416 e. The predicted molar refractivity (Wildman–Crippen MR) is 79.7 cm³/mol. The molecular formula is C16H14F5N3. The third-order valence-electron chi connectivity index (χ3n) is 3.24. The minimum atomic E-state index is -4.50. The van der Waals surface area contributed by atoms with E-state index >= 15 is 0 Å². The third-order valence-corrected chi connectivity index (χ3v) is 3.24. The molecule has 0 fully saturated rings. The van der Waals surface area contributed by atoms with Crippen molar-refractivity contribution in [2.24, 2.45) is 10.7 Å². The second-order valence-electron chi connectivity index (χ2n) is 5.21. The number of alkyl halides is 5. The maximum absolute atomic E-state index is 13.1. The van der Waals surface area contributed by atoms with Gasteiger partial charge in [-0.15, -0.1) is 0 Å². The van der Waals surface area contributed by atoms with Crippen LogP contribution in [0.1, 0.15) is 29.3 Å². The first-order valence-corrected chi connectivity index (χ1v) is 6.88. The normalized spacial score (nSPS) is 13.2. The number of pyridine rings is 1. The van der Waals surface area contributed by atoms with Crippen molar-refractivity contribution in [1.82, 2.24) is 4.98 Å². The monoisotopic (exact) mass is 343 g/mol. The minimum Gasteiger partial charge on any atom is -0.382 e. The maximum Gasteiger partial charge on any atom is 0.416 e. The van der Waals surface area contributed by atoms with Gasteiger partial charge in [0.15, 0.2) is 0 Å². The van der Waals surface area contributed by atoms with Crippen LogP contribution in [-0.2, 0) is 18.6 Å². The fraction of sp³-hybridized carbons (Fsp3) is 0.250. The average molecular weight is 343 g/mol. The molecule has 0 unspecified atom stereocenters. The van der Waals surface area contributed by atoms with Crippen LogP contribution in [0.15, 0.2) is 47.6 Å². The van der Waals surface area contributed by atoms with Gasteiger partial charge >= 0.3 is 6.18 Å². The summed E-state index contributed by atoms with van der Waals surface area (Å²) < 4.78 is 64.2. The molecule has 128 valence electrons. The zero-order chi connectivity index (χ0) is 18.0. The lowest BCUT2D eigenvalue weighted by Crippen LogP contribution is -2.17. The Morgan fingerprint density at radius 1 is 1.04 bits per heavy atom. The molecule has 0 aliphatic carbocycles. The molecule has 0 atom stereocenters. The van der Waals surface area contributed by atoms with E-state index in [2.05, 4.69) is 9.98 Å². The van der Waals surface area contributed by atoms with Gasteiger partial charge in [-0.3, -0.25) is 9.98 Å². The lowest BCUT2D eigenvalue weighted by atomic mass is 10.1. The van der Waals surface area contributed by atoms with Crippen LogP contribution in [0.5, 0.6) is 0 Å². The molecule has 3 nitrogen and oxygen atoms in total. The summed E-state index contributed by atoms with van der Waals surface area (Å²) in [5.74, 6) is -3.10. The fourth-order valence-electron chi connectivity index (χ4n) is 1.91. The summed E-state index contributed by atoms with van der Waals surface area (Å²) in [4.78, 5) is 7.71. The molecule has 0 amide bonds. The second-order valence-corrected chi connectivity index (χ2v) is 5.21. The highest BCUT2D eigenvalue weighted by atomic mass is 19.4. The second kappa shape index (κ2) is 6.54. The Labute approximate surface area is 135 Å². The van der Waals surface area contributed by atoms with E-state index in [1.165, 1.54) is 24.3 Å². The van der Waals surface area contributed by atoms with Crippen LogP contribution in [-0.4, -0.2) is 10.8 Å². The summed E-state index contributed by atoms with van der Waals surface area (Å²) in [5.41, 5.74) is 5.14. The number of aliphatic imine (C=N–C) groups is 1. The Morgan fingerprint density at radius 3 is 2.21 bits per heavy atom. The van der Waals surface area contributed by atoms with E-state index in [9.17, 15) is 22.0 Å². The van der Waals surface area contributed by atoms with E-state index in [1.54, 1.807) is 0 Å². The quantitative estimate of drug-likeness (QED) is 0.516. The Kier molecular flexibility index (Phi) is 4.86. The summed E-state index contributed by atoms with van der Waals surface area (Å²) in [7, 11) is 0. The number of hydrogen-bond donors (Lipinski definition) is 1. The Morgan fingerprint density at radius 2 is 1.67 bits per heavy atom. The highest BCUT2D eigenvalue weighted by Crippen LogP contribution is 2.29. The van der Waals surface area contributed by atoms with Gasteiger partial charge in [-0.25, -0.2) is 8.78 Å².